The van der Waals surface area contributed by atoms with Crippen molar-refractivity contribution in [2.45, 2.75) is 6.54 Å². The van der Waals surface area contributed by atoms with Gasteiger partial charge in [-0.05, 0) is 29.2 Å². The van der Waals surface area contributed by atoms with Gasteiger partial charge in [-0.25, -0.2) is 4.98 Å². The molecule has 116 valence electrons. The lowest BCUT2D eigenvalue weighted by atomic mass is 10.2. The highest BCUT2D eigenvalue weighted by molar-refractivity contribution is 7.17. The zero-order valence-corrected chi connectivity index (χ0v) is 13.0. The molecule has 0 aliphatic rings. The van der Waals surface area contributed by atoms with Gasteiger partial charge in [-0.1, -0.05) is 6.07 Å². The minimum atomic E-state index is -0.216. The Morgan fingerprint density at radius 3 is 3.13 bits per heavy atom. The molecule has 0 aromatic carbocycles. The Morgan fingerprint density at radius 1 is 1.39 bits per heavy atom. The number of carbonyl (C=O) groups excluding carboxylic acids is 1. The number of rotatable bonds is 5. The number of thiophene rings is 1. The van der Waals surface area contributed by atoms with Gasteiger partial charge in [-0.3, -0.25) is 19.1 Å². The summed E-state index contributed by atoms with van der Waals surface area (Å²) in [5.41, 5.74) is 1.48. The molecule has 3 aromatic heterocycles. The van der Waals surface area contributed by atoms with Crippen molar-refractivity contribution in [3.05, 3.63) is 64.3 Å². The van der Waals surface area contributed by atoms with E-state index in [1.165, 1.54) is 28.3 Å². The monoisotopic (exact) mass is 326 g/mol. The average molecular weight is 326 g/mol. The lowest BCUT2D eigenvalue weighted by Gasteiger charge is -2.05. The van der Waals surface area contributed by atoms with Crippen LogP contribution in [0.25, 0.3) is 16.3 Å². The Bertz CT molecular complexity index is 899. The molecular formula is C16H14N4O2S. The van der Waals surface area contributed by atoms with Crippen molar-refractivity contribution in [1.29, 1.82) is 0 Å². The maximum Gasteiger partial charge on any atom is 0.271 e. The summed E-state index contributed by atoms with van der Waals surface area (Å²) in [7, 11) is 0. The van der Waals surface area contributed by atoms with E-state index >= 15 is 0 Å². The van der Waals surface area contributed by atoms with Crippen molar-refractivity contribution in [2.75, 3.05) is 6.54 Å². The first-order chi connectivity index (χ1) is 11.2. The van der Waals surface area contributed by atoms with E-state index in [1.807, 2.05) is 17.5 Å². The fraction of sp³-hybridized carbons (Fsp3) is 0.125. The molecule has 3 aromatic rings. The van der Waals surface area contributed by atoms with Crippen LogP contribution in [0.3, 0.4) is 0 Å². The molecule has 0 radical (unpaired) electrons. The molecule has 0 unspecified atom stereocenters. The predicted molar refractivity (Wildman–Crippen MR) is 90.2 cm³/mol. The lowest BCUT2D eigenvalue weighted by Crippen LogP contribution is -2.29. The first-order valence-electron chi connectivity index (χ1n) is 7.02. The normalized spacial score (nSPS) is 11.1. The third-order valence-corrected chi connectivity index (χ3v) is 4.09. The summed E-state index contributed by atoms with van der Waals surface area (Å²) < 4.78 is 2.14. The number of fused-ring (bicyclic) bond motifs is 1. The van der Waals surface area contributed by atoms with Crippen molar-refractivity contribution in [3.8, 4) is 0 Å². The number of hydrogen-bond donors (Lipinski definition) is 1. The summed E-state index contributed by atoms with van der Waals surface area (Å²) in [6.45, 7) is 0.737. The van der Waals surface area contributed by atoms with Crippen molar-refractivity contribution >= 4 is 33.5 Å². The number of hydrogen-bond acceptors (Lipinski definition) is 5. The minimum absolute atomic E-state index is 0.0786. The second-order valence-electron chi connectivity index (χ2n) is 4.79. The van der Waals surface area contributed by atoms with Gasteiger partial charge in [0.05, 0.1) is 11.8 Å². The van der Waals surface area contributed by atoms with Crippen LogP contribution in [0.2, 0.25) is 0 Å². The number of carbonyl (C=O) groups is 1. The van der Waals surface area contributed by atoms with Gasteiger partial charge < -0.3 is 5.32 Å². The van der Waals surface area contributed by atoms with E-state index in [9.17, 15) is 9.59 Å². The summed E-state index contributed by atoms with van der Waals surface area (Å²) >= 11 is 1.37. The average Bonchev–Trinajstić information content (AvgIpc) is 3.05. The SMILES string of the molecule is O=C(C=Cc1cccnc1)NCCn1cnc2ccsc2c1=O. The van der Waals surface area contributed by atoms with Gasteiger partial charge >= 0.3 is 0 Å². The second-order valence-corrected chi connectivity index (χ2v) is 5.70. The molecule has 7 heteroatoms. The predicted octanol–water partition coefficient (Wildman–Crippen LogP) is 1.68. The Labute approximate surface area is 136 Å². The van der Waals surface area contributed by atoms with Gasteiger partial charge in [0, 0.05) is 31.6 Å². The molecule has 0 fully saturated rings. The first-order valence-corrected chi connectivity index (χ1v) is 7.90. The third kappa shape index (κ3) is 3.70. The Balaban J connectivity index is 1.56. The summed E-state index contributed by atoms with van der Waals surface area (Å²) in [5, 5.41) is 4.58. The molecule has 0 bridgehead atoms. The molecule has 0 atom stereocenters. The maximum atomic E-state index is 12.2. The van der Waals surface area contributed by atoms with Gasteiger partial charge in [-0.15, -0.1) is 11.3 Å². The highest BCUT2D eigenvalue weighted by atomic mass is 32.1. The van der Waals surface area contributed by atoms with E-state index in [4.69, 9.17) is 0 Å². The van der Waals surface area contributed by atoms with Gasteiger partial charge in [0.2, 0.25) is 5.91 Å². The van der Waals surface area contributed by atoms with Crippen LogP contribution < -0.4 is 10.9 Å². The van der Waals surface area contributed by atoms with Crippen LogP contribution in [0.15, 0.2) is 53.2 Å². The highest BCUT2D eigenvalue weighted by Crippen LogP contribution is 2.12. The fourth-order valence-electron chi connectivity index (χ4n) is 2.04. The summed E-state index contributed by atoms with van der Waals surface area (Å²) in [5.74, 6) is -0.216. The maximum absolute atomic E-state index is 12.2. The number of pyridine rings is 1. The second kappa shape index (κ2) is 6.97. The lowest BCUT2D eigenvalue weighted by molar-refractivity contribution is -0.116. The largest absolute Gasteiger partial charge is 0.351 e. The number of aromatic nitrogens is 3. The van der Waals surface area contributed by atoms with Crippen molar-refractivity contribution in [2.24, 2.45) is 0 Å². The molecule has 0 spiro atoms. The van der Waals surface area contributed by atoms with Crippen molar-refractivity contribution in [3.63, 3.8) is 0 Å². The molecule has 3 rings (SSSR count). The van der Waals surface area contributed by atoms with Gasteiger partial charge in [0.1, 0.15) is 4.70 Å². The molecule has 1 amide bonds. The molecule has 0 saturated carbocycles. The zero-order chi connectivity index (χ0) is 16.1. The molecule has 0 aliphatic carbocycles. The Morgan fingerprint density at radius 2 is 2.30 bits per heavy atom. The number of amides is 1. The van der Waals surface area contributed by atoms with E-state index in [1.54, 1.807) is 24.5 Å². The molecule has 0 aliphatic heterocycles. The standard InChI is InChI=1S/C16H14N4O2S/c21-14(4-3-12-2-1-6-17-10-12)18-7-8-20-11-19-13-5-9-23-15(13)16(20)22/h1-6,9-11H,7-8H2,(H,18,21). The van der Waals surface area contributed by atoms with Crippen molar-refractivity contribution in [1.82, 2.24) is 19.9 Å². The molecule has 1 N–H and O–H groups in total. The molecule has 3 heterocycles. The van der Waals surface area contributed by atoms with Crippen LogP contribution in [0, 0.1) is 0 Å². The van der Waals surface area contributed by atoms with Crippen LogP contribution in [-0.2, 0) is 11.3 Å². The zero-order valence-electron chi connectivity index (χ0n) is 12.2. The summed E-state index contributed by atoms with van der Waals surface area (Å²) in [6, 6.07) is 5.48. The molecular weight excluding hydrogens is 312 g/mol. The van der Waals surface area contributed by atoms with Gasteiger partial charge in [-0.2, -0.15) is 0 Å². The van der Waals surface area contributed by atoms with E-state index in [-0.39, 0.29) is 11.5 Å². The fourth-order valence-corrected chi connectivity index (χ4v) is 2.84. The van der Waals surface area contributed by atoms with Crippen LogP contribution >= 0.6 is 11.3 Å². The van der Waals surface area contributed by atoms with Crippen LogP contribution in [0.1, 0.15) is 5.56 Å². The molecule has 0 saturated heterocycles. The Kier molecular flexibility index (Phi) is 4.58. The van der Waals surface area contributed by atoms with E-state index in [0.717, 1.165) is 5.56 Å². The number of nitrogens with zero attached hydrogens (tertiary/aromatic N) is 3. The van der Waals surface area contributed by atoms with Crippen LogP contribution in [-0.4, -0.2) is 27.0 Å². The first kappa shape index (κ1) is 15.1. The van der Waals surface area contributed by atoms with Crippen LogP contribution in [0.4, 0.5) is 0 Å². The van der Waals surface area contributed by atoms with Gasteiger partial charge in [0.15, 0.2) is 0 Å². The molecule has 23 heavy (non-hydrogen) atoms. The highest BCUT2D eigenvalue weighted by Gasteiger charge is 2.05. The van der Waals surface area contributed by atoms with Crippen LogP contribution in [0.5, 0.6) is 0 Å². The van der Waals surface area contributed by atoms with Crippen molar-refractivity contribution < 1.29 is 4.79 Å². The topological polar surface area (TPSA) is 76.9 Å². The van der Waals surface area contributed by atoms with E-state index < -0.39 is 0 Å². The van der Waals surface area contributed by atoms with E-state index in [2.05, 4.69) is 15.3 Å². The van der Waals surface area contributed by atoms with Gasteiger partial charge in [0.25, 0.3) is 5.56 Å². The van der Waals surface area contributed by atoms with E-state index in [0.29, 0.717) is 23.3 Å². The third-order valence-electron chi connectivity index (χ3n) is 3.20. The smallest absolute Gasteiger partial charge is 0.271 e. The molecule has 6 nitrogen and oxygen atoms in total. The minimum Gasteiger partial charge on any atom is -0.351 e. The Hall–Kier alpha value is -2.80. The number of nitrogens with one attached hydrogen (secondary N) is 1. The quantitative estimate of drug-likeness (QED) is 0.724. The summed E-state index contributed by atoms with van der Waals surface area (Å²) in [4.78, 5) is 32.1. The summed E-state index contributed by atoms with van der Waals surface area (Å²) in [6.07, 6.45) is 7.99.